The van der Waals surface area contributed by atoms with Crippen molar-refractivity contribution < 1.29 is 14.7 Å². The number of pyridine rings is 1. The number of rotatable bonds is 6. The van der Waals surface area contributed by atoms with Crippen molar-refractivity contribution in [2.24, 2.45) is 5.92 Å². The van der Waals surface area contributed by atoms with Gasteiger partial charge in [0.25, 0.3) is 0 Å². The van der Waals surface area contributed by atoms with Crippen LogP contribution in [-0.4, -0.2) is 36.3 Å². The Kier molecular flexibility index (Phi) is 5.70. The second-order valence-electron chi connectivity index (χ2n) is 6.74. The second-order valence-corrected chi connectivity index (χ2v) is 6.74. The Labute approximate surface area is 144 Å². The van der Waals surface area contributed by atoms with E-state index in [-0.39, 0.29) is 0 Å². The van der Waals surface area contributed by atoms with E-state index < -0.39 is 0 Å². The normalized spacial score (nSPS) is 18.5. The summed E-state index contributed by atoms with van der Waals surface area (Å²) in [5.41, 5.74) is 2.19. The van der Waals surface area contributed by atoms with Crippen LogP contribution in [0.4, 0.5) is 0 Å². The monoisotopic (exact) mass is 327 g/mol. The summed E-state index contributed by atoms with van der Waals surface area (Å²) >= 11 is 0. The van der Waals surface area contributed by atoms with Gasteiger partial charge in [-0.3, -0.25) is 5.21 Å². The molecule has 1 aliphatic rings. The minimum atomic E-state index is 0.764. The van der Waals surface area contributed by atoms with Crippen molar-refractivity contribution in [3.8, 4) is 16.9 Å². The number of hydrogen-bond donors (Lipinski definition) is 1. The zero-order valence-corrected chi connectivity index (χ0v) is 14.4. The van der Waals surface area contributed by atoms with Crippen LogP contribution in [0.25, 0.3) is 11.1 Å². The van der Waals surface area contributed by atoms with E-state index >= 15 is 0 Å². The van der Waals surface area contributed by atoms with Crippen molar-refractivity contribution in [3.63, 3.8) is 0 Å². The van der Waals surface area contributed by atoms with E-state index in [1.54, 1.807) is 12.4 Å². The number of benzene rings is 1. The minimum Gasteiger partial charge on any atom is -0.494 e. The van der Waals surface area contributed by atoms with Crippen LogP contribution in [0.15, 0.2) is 48.8 Å². The van der Waals surface area contributed by atoms with Crippen molar-refractivity contribution in [3.05, 3.63) is 48.8 Å². The van der Waals surface area contributed by atoms with Gasteiger partial charge in [-0.2, -0.15) is 0 Å². The highest BCUT2D eigenvalue weighted by molar-refractivity contribution is 5.63. The number of likely N-dealkylation sites (tertiary alicyclic amines) is 1. The summed E-state index contributed by atoms with van der Waals surface area (Å²) in [6, 6.07) is 11.9. The molecule has 4 nitrogen and oxygen atoms in total. The lowest BCUT2D eigenvalue weighted by Crippen LogP contribution is -2.35. The largest absolute Gasteiger partial charge is 0.494 e. The maximum atomic E-state index is 9.27. The summed E-state index contributed by atoms with van der Waals surface area (Å²) in [6.45, 7) is 6.72. The first-order chi connectivity index (χ1) is 11.7. The first-order valence-electron chi connectivity index (χ1n) is 8.87. The molecule has 1 aromatic heterocycles. The molecule has 2 aromatic rings. The second kappa shape index (κ2) is 8.15. The molecule has 1 aliphatic heterocycles. The summed E-state index contributed by atoms with van der Waals surface area (Å²) in [5.74, 6) is 1.75. The van der Waals surface area contributed by atoms with Gasteiger partial charge in [0.05, 0.1) is 6.61 Å². The Morgan fingerprint density at radius 2 is 1.83 bits per heavy atom. The molecule has 0 unspecified atom stereocenters. The molecule has 128 valence electrons. The van der Waals surface area contributed by atoms with E-state index in [1.807, 2.05) is 24.3 Å². The van der Waals surface area contributed by atoms with Crippen LogP contribution in [0.5, 0.6) is 5.75 Å². The fourth-order valence-electron chi connectivity index (χ4n) is 3.32. The van der Waals surface area contributed by atoms with Gasteiger partial charge in [-0.1, -0.05) is 19.1 Å². The maximum absolute atomic E-state index is 9.27. The molecule has 0 saturated carbocycles. The zero-order valence-electron chi connectivity index (χ0n) is 14.4. The van der Waals surface area contributed by atoms with E-state index in [4.69, 9.17) is 4.74 Å². The average molecular weight is 327 g/mol. The molecule has 2 heterocycles. The smallest absolute Gasteiger partial charge is 0.222 e. The van der Waals surface area contributed by atoms with Crippen LogP contribution in [0, 0.1) is 5.92 Å². The number of hydrogen-bond acceptors (Lipinski definition) is 3. The van der Waals surface area contributed by atoms with Crippen molar-refractivity contribution in [1.82, 2.24) is 4.90 Å². The number of piperidine rings is 1. The summed E-state index contributed by atoms with van der Waals surface area (Å²) in [4.78, 5) is 2.56. The number of ether oxygens (including phenoxy) is 1. The topological polar surface area (TPSA) is 36.6 Å². The molecule has 0 bridgehead atoms. The average Bonchev–Trinajstić information content (AvgIpc) is 2.60. The fourth-order valence-corrected chi connectivity index (χ4v) is 3.32. The van der Waals surface area contributed by atoms with Gasteiger partial charge in [-0.25, -0.2) is 0 Å². The molecule has 4 heteroatoms. The molecule has 1 aromatic carbocycles. The standard InChI is InChI=1S/C20H27N2O2/c1-17-4-2-11-21(16-17)12-3-15-24-20-7-5-18(6-8-20)19-9-13-22(23)14-10-19/h5-10,13-14,17,23H,2-4,11-12,15-16H2,1H3/q+1/t17-/m0/s1. The highest BCUT2D eigenvalue weighted by Crippen LogP contribution is 2.21. The van der Waals surface area contributed by atoms with Crippen molar-refractivity contribution in [2.45, 2.75) is 26.2 Å². The Morgan fingerprint density at radius 1 is 1.12 bits per heavy atom. The molecule has 0 radical (unpaired) electrons. The predicted molar refractivity (Wildman–Crippen MR) is 94.2 cm³/mol. The van der Waals surface area contributed by atoms with Gasteiger partial charge in [0.1, 0.15) is 5.75 Å². The van der Waals surface area contributed by atoms with Crippen LogP contribution in [0.1, 0.15) is 26.2 Å². The lowest BCUT2D eigenvalue weighted by atomic mass is 10.0. The quantitative estimate of drug-likeness (QED) is 0.502. The first-order valence-corrected chi connectivity index (χ1v) is 8.87. The molecule has 24 heavy (non-hydrogen) atoms. The van der Waals surface area contributed by atoms with Crippen LogP contribution in [0.2, 0.25) is 0 Å². The molecule has 3 rings (SSSR count). The first kappa shape index (κ1) is 16.8. The maximum Gasteiger partial charge on any atom is 0.222 e. The van der Waals surface area contributed by atoms with Gasteiger partial charge in [-0.05, 0) is 55.0 Å². The summed E-state index contributed by atoms with van der Waals surface area (Å²) in [7, 11) is 0. The molecule has 1 fully saturated rings. The molecule has 0 spiro atoms. The van der Waals surface area contributed by atoms with Gasteiger partial charge < -0.3 is 9.64 Å². The van der Waals surface area contributed by atoms with Crippen LogP contribution in [-0.2, 0) is 0 Å². The molecule has 1 N–H and O–H groups in total. The van der Waals surface area contributed by atoms with Crippen molar-refractivity contribution in [2.75, 3.05) is 26.2 Å². The van der Waals surface area contributed by atoms with Crippen molar-refractivity contribution in [1.29, 1.82) is 0 Å². The predicted octanol–water partition coefficient (Wildman–Crippen LogP) is 3.38. The summed E-state index contributed by atoms with van der Waals surface area (Å²) in [5, 5.41) is 9.27. The third-order valence-electron chi connectivity index (χ3n) is 4.63. The van der Waals surface area contributed by atoms with Gasteiger partial charge in [-0.15, -0.1) is 0 Å². The Bertz CT molecular complexity index is 625. The van der Waals surface area contributed by atoms with Gasteiger partial charge in [0.15, 0.2) is 0 Å². The molecule has 1 saturated heterocycles. The van der Waals surface area contributed by atoms with E-state index in [9.17, 15) is 5.21 Å². The van der Waals surface area contributed by atoms with Crippen LogP contribution >= 0.6 is 0 Å². The van der Waals surface area contributed by atoms with Crippen LogP contribution < -0.4 is 9.47 Å². The molecule has 1 atom stereocenters. The minimum absolute atomic E-state index is 0.764. The Balaban J connectivity index is 1.43. The third kappa shape index (κ3) is 4.71. The SMILES string of the molecule is C[C@H]1CCCN(CCCOc2ccc(-c3cc[n+](O)cc3)cc2)C1. The highest BCUT2D eigenvalue weighted by Gasteiger charge is 2.15. The summed E-state index contributed by atoms with van der Waals surface area (Å²) < 4.78 is 6.91. The van der Waals surface area contributed by atoms with E-state index in [0.29, 0.717) is 0 Å². The highest BCUT2D eigenvalue weighted by atomic mass is 16.5. The molecule has 0 aliphatic carbocycles. The molecule has 0 amide bonds. The molecular formula is C20H27N2O2+. The van der Waals surface area contributed by atoms with Gasteiger partial charge in [0, 0.05) is 30.0 Å². The number of aromatic nitrogens is 1. The Morgan fingerprint density at radius 3 is 2.54 bits per heavy atom. The summed E-state index contributed by atoms with van der Waals surface area (Å²) in [6.07, 6.45) is 7.03. The van der Waals surface area contributed by atoms with Gasteiger partial charge >= 0.3 is 0 Å². The van der Waals surface area contributed by atoms with E-state index in [2.05, 4.69) is 24.0 Å². The number of nitrogens with zero attached hydrogens (tertiary/aromatic N) is 2. The lowest BCUT2D eigenvalue weighted by molar-refractivity contribution is -0.904. The fraction of sp³-hybridized carbons (Fsp3) is 0.450. The van der Waals surface area contributed by atoms with E-state index in [1.165, 1.54) is 25.9 Å². The Hall–Kier alpha value is -2.07. The zero-order chi connectivity index (χ0) is 16.8. The van der Waals surface area contributed by atoms with Gasteiger partial charge in [0.2, 0.25) is 12.4 Å². The van der Waals surface area contributed by atoms with Crippen molar-refractivity contribution >= 4 is 0 Å². The van der Waals surface area contributed by atoms with Crippen LogP contribution in [0.3, 0.4) is 0 Å². The van der Waals surface area contributed by atoms with E-state index in [0.717, 1.165) is 47.1 Å². The lowest BCUT2D eigenvalue weighted by Gasteiger charge is -2.30. The third-order valence-corrected chi connectivity index (χ3v) is 4.63. The molecular weight excluding hydrogens is 300 g/mol.